The maximum atomic E-state index is 2.85. The van der Waals surface area contributed by atoms with Crippen LogP contribution < -0.4 is 42.0 Å². The van der Waals surface area contributed by atoms with Gasteiger partial charge < -0.3 is 14.0 Å². The smallest absolute Gasteiger partial charge is 0.252 e. The molecular weight excluding hydrogens is 1070 g/mol. The summed E-state index contributed by atoms with van der Waals surface area (Å²) in [7, 11) is -3.21. The SMILES string of the molecule is CC(C)(C)c1ccc(N(c2cccc(C(C)(C)C)c2)c2ccc3c4c2c2ccc(C(C)(C)C)cc2n4-c2ccc4c5c2B3c2cc(C(C)(C)C)cc3c6cc(C(C)(C)C)cc(c6n-5c23)[Si]42c3cc(C(C)(C)C)ccc3-c3ccc(C(C)(C)C)cc32)cc1. The van der Waals surface area contributed by atoms with Gasteiger partial charge in [-0.05, 0) is 180 Å². The van der Waals surface area contributed by atoms with Gasteiger partial charge in [0.15, 0.2) is 8.07 Å². The fourth-order valence-electron chi connectivity index (χ4n) is 15.9. The molecule has 1 spiro atoms. The van der Waals surface area contributed by atoms with Gasteiger partial charge in [-0.2, -0.15) is 0 Å². The number of hydrogen-bond donors (Lipinski definition) is 0. The number of fused-ring (bicyclic) bond motifs is 14. The predicted octanol–water partition coefficient (Wildman–Crippen LogP) is 17.2. The Hall–Kier alpha value is -7.34. The Balaban J connectivity index is 1.15. The van der Waals surface area contributed by atoms with Crippen molar-refractivity contribution >= 4 is 113 Å². The minimum Gasteiger partial charge on any atom is -0.310 e. The summed E-state index contributed by atoms with van der Waals surface area (Å²) >= 11 is 0. The van der Waals surface area contributed by atoms with Gasteiger partial charge in [-0.3, -0.25) is 0 Å². The maximum absolute atomic E-state index is 3.21. The Morgan fingerprint density at radius 1 is 0.345 bits per heavy atom. The van der Waals surface area contributed by atoms with Crippen LogP contribution in [0.25, 0.3) is 66.1 Å². The van der Waals surface area contributed by atoms with E-state index < -0.39 is 8.07 Å². The van der Waals surface area contributed by atoms with Crippen LogP contribution in [0.5, 0.6) is 0 Å². The highest BCUT2D eigenvalue weighted by Gasteiger charge is 2.57. The first kappa shape index (κ1) is 56.2. The highest BCUT2D eigenvalue weighted by molar-refractivity contribution is 7.24. The number of nitrogens with zero attached hydrogens (tertiary/aromatic N) is 3. The first-order chi connectivity index (χ1) is 40.6. The summed E-state index contributed by atoms with van der Waals surface area (Å²) < 4.78 is 5.61. The Labute approximate surface area is 519 Å². The standard InChI is InChI=1S/C82H88BN3Si/c1-76(2,3)47-25-30-54(31-26-47)84(55-24-22-23-48(39-55)77(4,5)6)63-36-35-61-74-70(63)58-34-29-49(78(7,8)9)43-65(58)85(74)64-37-38-66-75-71(64)83(61)62-42-52(81(16,17)18)40-59-60-41-53(82(19,20)21)46-69(73(60)86(75)72(59)62)87(66)67-44-50(79(10,11)12)27-32-56(67)57-33-28-51(45-68(57)87)80(13,14)15/h22-46H,1-21H3. The van der Waals surface area contributed by atoms with E-state index in [0.29, 0.717) is 0 Å². The topological polar surface area (TPSA) is 13.1 Å². The van der Waals surface area contributed by atoms with Gasteiger partial charge in [-0.1, -0.05) is 242 Å². The molecule has 4 aliphatic rings. The number of aromatic nitrogens is 2. The van der Waals surface area contributed by atoms with Crippen molar-refractivity contribution in [2.45, 2.75) is 183 Å². The van der Waals surface area contributed by atoms with Gasteiger partial charge in [0.1, 0.15) is 0 Å². The number of anilines is 3. The number of rotatable bonds is 3. The molecule has 0 aliphatic carbocycles. The average molecular weight is 1150 g/mol. The molecule has 3 nitrogen and oxygen atoms in total. The summed E-state index contributed by atoms with van der Waals surface area (Å²) in [6.45, 7) is 50.1. The van der Waals surface area contributed by atoms with Crippen molar-refractivity contribution in [3.05, 3.63) is 191 Å². The molecule has 0 N–H and O–H groups in total. The molecule has 0 unspecified atom stereocenters. The van der Waals surface area contributed by atoms with E-state index in [1.165, 1.54) is 138 Å². The molecule has 0 atom stereocenters. The molecule has 87 heavy (non-hydrogen) atoms. The molecule has 9 aromatic carbocycles. The zero-order valence-electron chi connectivity index (χ0n) is 55.9. The molecule has 15 rings (SSSR count). The second kappa shape index (κ2) is 17.5. The van der Waals surface area contributed by atoms with Gasteiger partial charge in [-0.15, -0.1) is 0 Å². The molecule has 6 heterocycles. The van der Waals surface area contributed by atoms with Crippen molar-refractivity contribution in [1.82, 2.24) is 9.13 Å². The lowest BCUT2D eigenvalue weighted by Crippen LogP contribution is -2.77. The molecule has 0 radical (unpaired) electrons. The van der Waals surface area contributed by atoms with Crippen LogP contribution >= 0.6 is 0 Å². The van der Waals surface area contributed by atoms with E-state index in [2.05, 4.69) is 311 Å². The van der Waals surface area contributed by atoms with E-state index in [9.17, 15) is 0 Å². The van der Waals surface area contributed by atoms with Crippen LogP contribution in [0.3, 0.4) is 0 Å². The molecule has 0 bridgehead atoms. The third-order valence-corrected chi connectivity index (χ3v) is 25.8. The second-order valence-corrected chi connectivity index (χ2v) is 37.6. The molecule has 0 amide bonds. The molecule has 5 heteroatoms. The van der Waals surface area contributed by atoms with Gasteiger partial charge in [0, 0.05) is 49.8 Å². The fraction of sp³-hybridized carbons (Fsp3) is 0.341. The third kappa shape index (κ3) is 7.79. The molecule has 4 aliphatic heterocycles. The quantitative estimate of drug-likeness (QED) is 0.161. The van der Waals surface area contributed by atoms with Gasteiger partial charge >= 0.3 is 0 Å². The molecule has 11 aromatic rings. The summed E-state index contributed by atoms with van der Waals surface area (Å²) in [5.41, 5.74) is 27.9. The Morgan fingerprint density at radius 3 is 1.43 bits per heavy atom. The molecule has 0 saturated carbocycles. The third-order valence-electron chi connectivity index (χ3n) is 21.0. The minimum absolute atomic E-state index is 0.0153. The summed E-state index contributed by atoms with van der Waals surface area (Å²) in [4.78, 5) is 2.58. The van der Waals surface area contributed by atoms with Gasteiger partial charge in [0.25, 0.3) is 6.71 Å². The Kier molecular flexibility index (Phi) is 11.3. The second-order valence-electron chi connectivity index (χ2n) is 34.0. The molecule has 2 aromatic heterocycles. The van der Waals surface area contributed by atoms with Crippen LogP contribution in [0.1, 0.15) is 184 Å². The van der Waals surface area contributed by atoms with Gasteiger partial charge in [-0.25, -0.2) is 0 Å². The van der Waals surface area contributed by atoms with Crippen molar-refractivity contribution < 1.29 is 0 Å². The van der Waals surface area contributed by atoms with Crippen molar-refractivity contribution in [3.8, 4) is 22.5 Å². The van der Waals surface area contributed by atoms with E-state index in [0.717, 1.165) is 5.69 Å². The number of hydrogen-bond acceptors (Lipinski definition) is 1. The number of benzene rings is 9. The summed E-state index contributed by atoms with van der Waals surface area (Å²) in [5.74, 6) is 0. The summed E-state index contributed by atoms with van der Waals surface area (Å²) in [5, 5.41) is 11.5. The zero-order valence-corrected chi connectivity index (χ0v) is 56.9. The highest BCUT2D eigenvalue weighted by atomic mass is 28.3. The van der Waals surface area contributed by atoms with Crippen LogP contribution in [0, 0.1) is 0 Å². The Morgan fingerprint density at radius 2 is 0.851 bits per heavy atom. The van der Waals surface area contributed by atoms with Crippen LogP contribution in [0.15, 0.2) is 152 Å². The molecule has 0 fully saturated rings. The van der Waals surface area contributed by atoms with Crippen molar-refractivity contribution in [2.75, 3.05) is 4.90 Å². The fourth-order valence-corrected chi connectivity index (χ4v) is 21.6. The van der Waals surface area contributed by atoms with Crippen LogP contribution in [0.4, 0.5) is 17.1 Å². The van der Waals surface area contributed by atoms with E-state index >= 15 is 0 Å². The van der Waals surface area contributed by atoms with E-state index in [-0.39, 0.29) is 44.6 Å². The van der Waals surface area contributed by atoms with Gasteiger partial charge in [0.05, 0.1) is 22.2 Å². The lowest BCUT2D eigenvalue weighted by molar-refractivity contribution is 0.590. The molecule has 0 saturated heterocycles. The first-order valence-corrected chi connectivity index (χ1v) is 34.4. The van der Waals surface area contributed by atoms with Crippen LogP contribution in [-0.2, 0) is 37.9 Å². The van der Waals surface area contributed by atoms with Crippen molar-refractivity contribution in [1.29, 1.82) is 0 Å². The predicted molar refractivity (Wildman–Crippen MR) is 382 cm³/mol. The first-order valence-electron chi connectivity index (χ1n) is 32.4. The van der Waals surface area contributed by atoms with Crippen LogP contribution in [0.2, 0.25) is 0 Å². The summed E-state index contributed by atoms with van der Waals surface area (Å²) in [6.07, 6.45) is 0. The van der Waals surface area contributed by atoms with Crippen LogP contribution in [-0.4, -0.2) is 23.9 Å². The minimum atomic E-state index is -3.21. The largest absolute Gasteiger partial charge is 0.310 e. The van der Waals surface area contributed by atoms with E-state index in [1.54, 1.807) is 15.6 Å². The van der Waals surface area contributed by atoms with E-state index in [1.807, 2.05) is 0 Å². The summed E-state index contributed by atoms with van der Waals surface area (Å²) in [6, 6.07) is 62.7. The van der Waals surface area contributed by atoms with Gasteiger partial charge in [0.2, 0.25) is 0 Å². The lowest BCUT2D eigenvalue weighted by Gasteiger charge is -2.43. The average Bonchev–Trinajstić information content (AvgIpc) is 1.53. The Bertz CT molecular complexity index is 4770. The monoisotopic (exact) mass is 1150 g/mol. The van der Waals surface area contributed by atoms with Crippen molar-refractivity contribution in [3.63, 3.8) is 0 Å². The highest BCUT2D eigenvalue weighted by Crippen LogP contribution is 2.50. The van der Waals surface area contributed by atoms with Crippen molar-refractivity contribution in [2.24, 2.45) is 0 Å². The maximum Gasteiger partial charge on any atom is 0.252 e. The normalized spacial score (nSPS) is 15.0. The lowest BCUT2D eigenvalue weighted by atomic mass is 9.34. The molecular formula is C82H88BN3Si. The molecule has 438 valence electrons. The van der Waals surface area contributed by atoms with E-state index in [4.69, 9.17) is 0 Å². The zero-order chi connectivity index (χ0) is 61.7.